The van der Waals surface area contributed by atoms with Crippen LogP contribution in [0, 0.1) is 28.6 Å². The molecule has 0 saturated heterocycles. The molecule has 1 aromatic carbocycles. The Labute approximate surface area is 246 Å². The van der Waals surface area contributed by atoms with Gasteiger partial charge in [-0.25, -0.2) is 0 Å². The fourth-order valence-corrected chi connectivity index (χ4v) is 8.75. The Bertz CT molecular complexity index is 1300. The summed E-state index contributed by atoms with van der Waals surface area (Å²) in [5, 5.41) is 33.4. The van der Waals surface area contributed by atoms with Crippen LogP contribution < -0.4 is 5.32 Å². The van der Waals surface area contributed by atoms with Crippen molar-refractivity contribution in [3.8, 4) is 11.5 Å². The van der Waals surface area contributed by atoms with Crippen LogP contribution >= 0.6 is 0 Å². The lowest BCUT2D eigenvalue weighted by atomic mass is 9.46. The number of fused-ring (bicyclic) bond motifs is 5. The normalized spacial score (nSPS) is 33.5. The van der Waals surface area contributed by atoms with Crippen molar-refractivity contribution in [1.29, 1.82) is 0 Å². The van der Waals surface area contributed by atoms with E-state index in [4.69, 9.17) is 4.74 Å². The molecule has 4 N–H and O–H groups in total. The molecule has 42 heavy (non-hydrogen) atoms. The van der Waals surface area contributed by atoms with Crippen molar-refractivity contribution < 1.29 is 39.2 Å². The zero-order valence-corrected chi connectivity index (χ0v) is 24.6. The monoisotopic (exact) mass is 581 g/mol. The number of aromatic hydroxyl groups is 2. The number of ether oxygens (including phenoxy) is 1. The second-order valence-electron chi connectivity index (χ2n) is 13.3. The van der Waals surface area contributed by atoms with Crippen LogP contribution in [-0.4, -0.2) is 57.5 Å². The third-order valence-electron chi connectivity index (χ3n) is 11.3. The molecule has 1 amide bonds. The Kier molecular flexibility index (Phi) is 8.27. The Morgan fingerprint density at radius 3 is 2.50 bits per heavy atom. The number of ketones is 2. The lowest BCUT2D eigenvalue weighted by Crippen LogP contribution is -2.58. The van der Waals surface area contributed by atoms with E-state index in [1.54, 1.807) is 6.07 Å². The molecular weight excluding hydrogens is 538 g/mol. The van der Waals surface area contributed by atoms with E-state index in [0.29, 0.717) is 37.6 Å². The maximum absolute atomic E-state index is 13.4. The Balaban J connectivity index is 1.10. The van der Waals surface area contributed by atoms with E-state index in [2.05, 4.69) is 12.2 Å². The van der Waals surface area contributed by atoms with Crippen LogP contribution in [0.15, 0.2) is 29.8 Å². The van der Waals surface area contributed by atoms with Crippen molar-refractivity contribution >= 4 is 23.4 Å². The summed E-state index contributed by atoms with van der Waals surface area (Å²) in [6.45, 7) is 4.12. The molecule has 3 saturated carbocycles. The van der Waals surface area contributed by atoms with E-state index in [1.807, 2.05) is 13.0 Å². The van der Waals surface area contributed by atoms with Gasteiger partial charge >= 0.3 is 5.97 Å². The van der Waals surface area contributed by atoms with E-state index in [-0.39, 0.29) is 47.4 Å². The standard InChI is InChI=1S/C33H43NO8/c1-31-13-9-22(35)18-21(31)4-5-23-24(31)10-14-32(2)25(23)11-15-33(32,41)28(38)19-42-30(40)8-7-29(39)34-16-12-20-3-6-26(36)27(37)17-20/h3,6,17-18,23-25,36-37,41H,4-5,7-16,19H2,1-2H3,(H,34,39)/t23-,24+,25-,31-,32-,33-/m0/s1. The van der Waals surface area contributed by atoms with Gasteiger partial charge in [-0.3, -0.25) is 19.2 Å². The molecule has 228 valence electrons. The highest BCUT2D eigenvalue weighted by molar-refractivity contribution is 5.92. The number of carbonyl (C=O) groups excluding carboxylic acids is 4. The van der Waals surface area contributed by atoms with Gasteiger partial charge in [-0.15, -0.1) is 0 Å². The quantitative estimate of drug-likeness (QED) is 0.253. The highest BCUT2D eigenvalue weighted by Crippen LogP contribution is 2.67. The predicted octanol–water partition coefficient (Wildman–Crippen LogP) is 3.91. The zero-order valence-electron chi connectivity index (χ0n) is 24.6. The van der Waals surface area contributed by atoms with Crippen molar-refractivity contribution in [2.45, 2.75) is 90.1 Å². The van der Waals surface area contributed by atoms with Gasteiger partial charge in [-0.2, -0.15) is 0 Å². The minimum absolute atomic E-state index is 0.0131. The molecule has 3 fully saturated rings. The van der Waals surface area contributed by atoms with Crippen LogP contribution in [0.5, 0.6) is 11.5 Å². The number of esters is 1. The molecule has 4 aliphatic carbocycles. The van der Waals surface area contributed by atoms with Gasteiger partial charge < -0.3 is 25.4 Å². The number of nitrogens with one attached hydrogen (secondary N) is 1. The van der Waals surface area contributed by atoms with Crippen molar-refractivity contribution in [3.05, 3.63) is 35.4 Å². The van der Waals surface area contributed by atoms with Crippen LogP contribution in [0.3, 0.4) is 0 Å². The molecule has 0 heterocycles. The fraction of sp³-hybridized carbons (Fsp3) is 0.636. The van der Waals surface area contributed by atoms with E-state index < -0.39 is 29.4 Å². The summed E-state index contributed by atoms with van der Waals surface area (Å²) in [5.41, 5.74) is -0.107. The first-order valence-electron chi connectivity index (χ1n) is 15.3. The number of amides is 1. The molecule has 0 radical (unpaired) electrons. The van der Waals surface area contributed by atoms with E-state index >= 15 is 0 Å². The van der Waals surface area contributed by atoms with Crippen LogP contribution in [-0.2, 0) is 30.3 Å². The Morgan fingerprint density at radius 1 is 0.976 bits per heavy atom. The summed E-state index contributed by atoms with van der Waals surface area (Å²) in [6, 6.07) is 4.44. The average molecular weight is 582 g/mol. The maximum Gasteiger partial charge on any atom is 0.306 e. The first kappa shape index (κ1) is 30.3. The second kappa shape index (κ2) is 11.5. The van der Waals surface area contributed by atoms with Gasteiger partial charge in [0, 0.05) is 24.8 Å². The summed E-state index contributed by atoms with van der Waals surface area (Å²) in [5.74, 6) is -0.657. The molecule has 9 nitrogen and oxygen atoms in total. The topological polar surface area (TPSA) is 150 Å². The van der Waals surface area contributed by atoms with Crippen molar-refractivity contribution in [2.24, 2.45) is 28.6 Å². The minimum Gasteiger partial charge on any atom is -0.504 e. The second-order valence-corrected chi connectivity index (χ2v) is 13.3. The third-order valence-corrected chi connectivity index (χ3v) is 11.3. The first-order chi connectivity index (χ1) is 19.9. The summed E-state index contributed by atoms with van der Waals surface area (Å²) in [4.78, 5) is 50.0. The Hall–Kier alpha value is -3.20. The highest BCUT2D eigenvalue weighted by Gasteiger charge is 2.66. The number of rotatable bonds is 9. The van der Waals surface area contributed by atoms with Gasteiger partial charge in [0.2, 0.25) is 11.7 Å². The molecule has 1 aromatic rings. The number of allylic oxidation sites excluding steroid dienone is 1. The number of hydrogen-bond donors (Lipinski definition) is 4. The van der Waals surface area contributed by atoms with Gasteiger partial charge in [0.25, 0.3) is 0 Å². The molecule has 0 spiro atoms. The molecule has 0 unspecified atom stereocenters. The summed E-state index contributed by atoms with van der Waals surface area (Å²) < 4.78 is 5.24. The number of phenols is 2. The molecule has 0 aliphatic heterocycles. The first-order valence-corrected chi connectivity index (χ1v) is 15.3. The Morgan fingerprint density at radius 2 is 1.74 bits per heavy atom. The van der Waals surface area contributed by atoms with E-state index in [1.165, 1.54) is 17.7 Å². The number of carbonyl (C=O) groups is 4. The maximum atomic E-state index is 13.4. The number of benzene rings is 1. The summed E-state index contributed by atoms with van der Waals surface area (Å²) >= 11 is 0. The van der Waals surface area contributed by atoms with Gasteiger partial charge in [0.1, 0.15) is 5.60 Å². The van der Waals surface area contributed by atoms with Crippen LogP contribution in [0.1, 0.15) is 83.6 Å². The molecule has 6 atom stereocenters. The van der Waals surface area contributed by atoms with Gasteiger partial charge in [-0.1, -0.05) is 25.5 Å². The molecule has 0 bridgehead atoms. The lowest BCUT2D eigenvalue weighted by Gasteiger charge is -2.58. The zero-order chi connectivity index (χ0) is 30.3. The average Bonchev–Trinajstić information content (AvgIpc) is 3.24. The van der Waals surface area contributed by atoms with Gasteiger partial charge in [0.05, 0.1) is 6.42 Å². The molecule has 9 heteroatoms. The smallest absolute Gasteiger partial charge is 0.306 e. The highest BCUT2D eigenvalue weighted by atomic mass is 16.5. The SMILES string of the molecule is C[C@]12CCC(=O)C=C1CC[C@H]1[C@H]2CC[C@@]2(C)[C@H]1CC[C@]2(O)C(=O)COC(=O)CCC(=O)NCCc1ccc(O)c(O)c1. The van der Waals surface area contributed by atoms with Crippen molar-refractivity contribution in [1.82, 2.24) is 5.32 Å². The van der Waals surface area contributed by atoms with Crippen molar-refractivity contribution in [2.75, 3.05) is 13.2 Å². The summed E-state index contributed by atoms with van der Waals surface area (Å²) in [6.07, 6.45) is 8.10. The lowest BCUT2D eigenvalue weighted by molar-refractivity contribution is -0.170. The van der Waals surface area contributed by atoms with Crippen LogP contribution in [0.4, 0.5) is 0 Å². The predicted molar refractivity (Wildman–Crippen MR) is 153 cm³/mol. The molecule has 0 aromatic heterocycles. The number of aliphatic hydroxyl groups is 1. The van der Waals surface area contributed by atoms with Gasteiger partial charge in [0.15, 0.2) is 23.9 Å². The largest absolute Gasteiger partial charge is 0.504 e. The number of phenolic OH excluding ortho intramolecular Hbond substituents is 2. The molecule has 5 rings (SSSR count). The van der Waals surface area contributed by atoms with Crippen LogP contribution in [0.25, 0.3) is 0 Å². The van der Waals surface area contributed by atoms with Crippen LogP contribution in [0.2, 0.25) is 0 Å². The summed E-state index contributed by atoms with van der Waals surface area (Å²) in [7, 11) is 0. The third kappa shape index (κ3) is 5.36. The van der Waals surface area contributed by atoms with E-state index in [0.717, 1.165) is 44.1 Å². The minimum atomic E-state index is -1.55. The van der Waals surface area contributed by atoms with Gasteiger partial charge in [-0.05, 0) is 98.3 Å². The molecule has 4 aliphatic rings. The number of hydrogen-bond acceptors (Lipinski definition) is 8. The fourth-order valence-electron chi connectivity index (χ4n) is 8.75. The molecular formula is C33H43NO8. The van der Waals surface area contributed by atoms with Crippen molar-refractivity contribution in [3.63, 3.8) is 0 Å². The van der Waals surface area contributed by atoms with E-state index in [9.17, 15) is 34.5 Å². The number of Topliss-reactive ketones (excluding diaryl/α,β-unsaturated/α-hetero) is 1.